The lowest BCUT2D eigenvalue weighted by atomic mass is 10.1. The van der Waals surface area contributed by atoms with Gasteiger partial charge in [-0.05, 0) is 45.4 Å². The van der Waals surface area contributed by atoms with Crippen molar-refractivity contribution < 1.29 is 23.9 Å². The Hall–Kier alpha value is -2.90. The van der Waals surface area contributed by atoms with E-state index in [0.29, 0.717) is 25.2 Å². The van der Waals surface area contributed by atoms with Crippen molar-refractivity contribution in [3.05, 3.63) is 35.4 Å². The van der Waals surface area contributed by atoms with Crippen molar-refractivity contribution in [2.75, 3.05) is 19.6 Å². The molecule has 1 aromatic rings. The molecular formula is C22H29N3O5. The molecule has 0 radical (unpaired) electrons. The standard InChI is InChI=1S/C22H29N3O5/c1-15-13-23(21(29)30-22(2,3)4)11-12-24(15)20(28)17-7-5-16(6-8-17)14-25-18(26)9-10-19(25)27/h5-8,15H,9-14H2,1-4H3/t15-/m0/s1. The maximum Gasteiger partial charge on any atom is 0.410 e. The highest BCUT2D eigenvalue weighted by Gasteiger charge is 2.33. The Balaban J connectivity index is 1.59. The number of carbonyl (C=O) groups excluding carboxylic acids is 4. The van der Waals surface area contributed by atoms with Crippen LogP contribution in [0.1, 0.15) is 56.5 Å². The third-order valence-corrected chi connectivity index (χ3v) is 5.24. The lowest BCUT2D eigenvalue weighted by Crippen LogP contribution is -2.56. The van der Waals surface area contributed by atoms with E-state index in [1.54, 1.807) is 34.1 Å². The first-order valence-electron chi connectivity index (χ1n) is 10.3. The van der Waals surface area contributed by atoms with Crippen molar-refractivity contribution in [1.29, 1.82) is 0 Å². The van der Waals surface area contributed by atoms with Crippen LogP contribution in [0.5, 0.6) is 0 Å². The molecule has 2 aliphatic heterocycles. The first-order chi connectivity index (χ1) is 14.0. The normalized spacial score (nSPS) is 20.0. The van der Waals surface area contributed by atoms with Crippen LogP contribution in [0.25, 0.3) is 0 Å². The van der Waals surface area contributed by atoms with Gasteiger partial charge in [0.05, 0.1) is 6.54 Å². The van der Waals surface area contributed by atoms with E-state index >= 15 is 0 Å². The van der Waals surface area contributed by atoms with Crippen LogP contribution >= 0.6 is 0 Å². The number of hydrogen-bond donors (Lipinski definition) is 0. The number of ether oxygens (including phenoxy) is 1. The zero-order valence-electron chi connectivity index (χ0n) is 18.0. The second-order valence-corrected chi connectivity index (χ2v) is 8.84. The van der Waals surface area contributed by atoms with Crippen LogP contribution in [0.15, 0.2) is 24.3 Å². The molecule has 0 aliphatic carbocycles. The van der Waals surface area contributed by atoms with E-state index < -0.39 is 5.60 Å². The number of amides is 4. The third-order valence-electron chi connectivity index (χ3n) is 5.24. The molecular weight excluding hydrogens is 386 g/mol. The molecule has 0 spiro atoms. The van der Waals surface area contributed by atoms with Crippen LogP contribution in [-0.4, -0.2) is 69.8 Å². The van der Waals surface area contributed by atoms with Crippen molar-refractivity contribution >= 4 is 23.8 Å². The summed E-state index contributed by atoms with van der Waals surface area (Å²) in [5, 5.41) is 0. The summed E-state index contributed by atoms with van der Waals surface area (Å²) < 4.78 is 5.42. The minimum atomic E-state index is -0.556. The predicted octanol–water partition coefficient (Wildman–Crippen LogP) is 2.42. The van der Waals surface area contributed by atoms with Gasteiger partial charge in [-0.25, -0.2) is 4.79 Å². The van der Waals surface area contributed by atoms with Gasteiger partial charge in [0.25, 0.3) is 5.91 Å². The van der Waals surface area contributed by atoms with Crippen LogP contribution in [-0.2, 0) is 20.9 Å². The average Bonchev–Trinajstić information content (AvgIpc) is 2.98. The number of piperazine rings is 1. The van der Waals surface area contributed by atoms with Crippen molar-refractivity contribution in [2.24, 2.45) is 0 Å². The molecule has 2 saturated heterocycles. The number of nitrogens with zero attached hydrogens (tertiary/aromatic N) is 3. The van der Waals surface area contributed by atoms with Gasteiger partial charge < -0.3 is 14.5 Å². The van der Waals surface area contributed by atoms with E-state index in [1.165, 1.54) is 4.90 Å². The number of benzene rings is 1. The Kier molecular flexibility index (Phi) is 6.14. The zero-order valence-corrected chi connectivity index (χ0v) is 18.0. The van der Waals surface area contributed by atoms with Crippen LogP contribution in [0.2, 0.25) is 0 Å². The molecule has 2 heterocycles. The SMILES string of the molecule is C[C@H]1CN(C(=O)OC(C)(C)C)CCN1C(=O)c1ccc(CN2C(=O)CCC2=O)cc1. The quantitative estimate of drug-likeness (QED) is 0.708. The fraction of sp³-hybridized carbons (Fsp3) is 0.545. The monoisotopic (exact) mass is 415 g/mol. The minimum Gasteiger partial charge on any atom is -0.444 e. The Morgan fingerprint density at radius 3 is 2.17 bits per heavy atom. The Morgan fingerprint density at radius 2 is 1.63 bits per heavy atom. The van der Waals surface area contributed by atoms with Crippen LogP contribution in [0.4, 0.5) is 4.79 Å². The average molecular weight is 415 g/mol. The zero-order chi connectivity index (χ0) is 22.1. The fourth-order valence-corrected chi connectivity index (χ4v) is 3.65. The molecule has 3 rings (SSSR count). The molecule has 8 nitrogen and oxygen atoms in total. The van der Waals surface area contributed by atoms with Gasteiger partial charge in [0.2, 0.25) is 11.8 Å². The van der Waals surface area contributed by atoms with Crippen LogP contribution in [0, 0.1) is 0 Å². The van der Waals surface area contributed by atoms with Crippen molar-refractivity contribution in [3.8, 4) is 0 Å². The summed E-state index contributed by atoms with van der Waals surface area (Å²) in [7, 11) is 0. The summed E-state index contributed by atoms with van der Waals surface area (Å²) in [5.74, 6) is -0.417. The molecule has 0 N–H and O–H groups in total. The number of rotatable bonds is 3. The molecule has 0 unspecified atom stereocenters. The Morgan fingerprint density at radius 1 is 1.03 bits per heavy atom. The largest absolute Gasteiger partial charge is 0.444 e. The maximum absolute atomic E-state index is 12.9. The highest BCUT2D eigenvalue weighted by Crippen LogP contribution is 2.19. The molecule has 2 fully saturated rings. The summed E-state index contributed by atoms with van der Waals surface area (Å²) in [5.41, 5.74) is 0.785. The highest BCUT2D eigenvalue weighted by molar-refractivity contribution is 6.01. The maximum atomic E-state index is 12.9. The Labute approximate surface area is 176 Å². The molecule has 30 heavy (non-hydrogen) atoms. The lowest BCUT2D eigenvalue weighted by molar-refractivity contribution is -0.139. The first-order valence-corrected chi connectivity index (χ1v) is 10.3. The van der Waals surface area contributed by atoms with E-state index in [1.807, 2.05) is 27.7 Å². The highest BCUT2D eigenvalue weighted by atomic mass is 16.6. The molecule has 2 aliphatic rings. The van der Waals surface area contributed by atoms with Gasteiger partial charge in [0, 0.05) is 44.1 Å². The van der Waals surface area contributed by atoms with E-state index in [2.05, 4.69) is 0 Å². The smallest absolute Gasteiger partial charge is 0.410 e. The van der Waals surface area contributed by atoms with Crippen molar-refractivity contribution in [2.45, 2.75) is 58.7 Å². The second-order valence-electron chi connectivity index (χ2n) is 8.84. The summed E-state index contributed by atoms with van der Waals surface area (Å²) in [6.07, 6.45) is 0.169. The Bertz CT molecular complexity index is 827. The molecule has 162 valence electrons. The summed E-state index contributed by atoms with van der Waals surface area (Å²) in [6.45, 7) is 8.89. The first kappa shape index (κ1) is 21.8. The molecule has 0 bridgehead atoms. The summed E-state index contributed by atoms with van der Waals surface area (Å²) in [4.78, 5) is 53.4. The lowest BCUT2D eigenvalue weighted by Gasteiger charge is -2.40. The van der Waals surface area contributed by atoms with Crippen molar-refractivity contribution in [1.82, 2.24) is 14.7 Å². The molecule has 1 aromatic carbocycles. The van der Waals surface area contributed by atoms with Gasteiger partial charge in [0.15, 0.2) is 0 Å². The molecule has 0 saturated carbocycles. The van der Waals surface area contributed by atoms with Gasteiger partial charge in [0.1, 0.15) is 5.60 Å². The molecule has 1 atom stereocenters. The van der Waals surface area contributed by atoms with E-state index in [9.17, 15) is 19.2 Å². The van der Waals surface area contributed by atoms with Gasteiger partial charge in [-0.1, -0.05) is 12.1 Å². The van der Waals surface area contributed by atoms with Crippen molar-refractivity contribution in [3.63, 3.8) is 0 Å². The van der Waals surface area contributed by atoms with Crippen LogP contribution in [0.3, 0.4) is 0 Å². The van der Waals surface area contributed by atoms with E-state index in [-0.39, 0.29) is 49.2 Å². The topological polar surface area (TPSA) is 87.2 Å². The molecule has 4 amide bonds. The third kappa shape index (κ3) is 4.98. The molecule has 8 heteroatoms. The number of hydrogen-bond acceptors (Lipinski definition) is 5. The molecule has 0 aromatic heterocycles. The second kappa shape index (κ2) is 8.45. The summed E-state index contributed by atoms with van der Waals surface area (Å²) >= 11 is 0. The number of carbonyl (C=O) groups is 4. The van der Waals surface area contributed by atoms with Gasteiger partial charge in [-0.3, -0.25) is 19.3 Å². The summed E-state index contributed by atoms with van der Waals surface area (Å²) in [6, 6.07) is 6.84. The van der Waals surface area contributed by atoms with Gasteiger partial charge in [-0.2, -0.15) is 0 Å². The van der Waals surface area contributed by atoms with E-state index in [4.69, 9.17) is 4.74 Å². The fourth-order valence-electron chi connectivity index (χ4n) is 3.65. The van der Waals surface area contributed by atoms with Crippen LogP contribution < -0.4 is 0 Å². The van der Waals surface area contributed by atoms with Gasteiger partial charge >= 0.3 is 6.09 Å². The minimum absolute atomic E-state index is 0.105. The number of imide groups is 1. The predicted molar refractivity (Wildman–Crippen MR) is 110 cm³/mol. The van der Waals surface area contributed by atoms with Gasteiger partial charge in [-0.15, -0.1) is 0 Å². The van der Waals surface area contributed by atoms with E-state index in [0.717, 1.165) is 5.56 Å². The number of likely N-dealkylation sites (tertiary alicyclic amines) is 1.